The molecule has 1 atom stereocenters. The number of halogens is 2. The number of aliphatic hydroxyl groups is 2. The van der Waals surface area contributed by atoms with E-state index >= 15 is 0 Å². The van der Waals surface area contributed by atoms with Crippen LogP contribution in [0.5, 0.6) is 5.75 Å². The number of carbonyl (C=O) groups is 1. The number of hydrogen-bond acceptors (Lipinski definition) is 6. The van der Waals surface area contributed by atoms with Gasteiger partial charge in [-0.1, -0.05) is 13.0 Å². The SMILES string of the molecule is Cc1nc2c(OCc3c(F)cccc3F)cccn2c1C(=O)CC(C)(CO)c1ccnc(CO)c1. The number of carbonyl (C=O) groups excluding carboxylic acids is 1. The van der Waals surface area contributed by atoms with Gasteiger partial charge in [-0.3, -0.25) is 14.2 Å². The van der Waals surface area contributed by atoms with Gasteiger partial charge in [-0.25, -0.2) is 13.8 Å². The quantitative estimate of drug-likeness (QED) is 0.352. The molecule has 0 aliphatic carbocycles. The number of hydrogen-bond donors (Lipinski definition) is 2. The number of benzene rings is 1. The largest absolute Gasteiger partial charge is 0.485 e. The summed E-state index contributed by atoms with van der Waals surface area (Å²) in [4.78, 5) is 22.0. The molecular formula is C26H25F2N3O4. The number of pyridine rings is 2. The van der Waals surface area contributed by atoms with Gasteiger partial charge in [0.2, 0.25) is 0 Å². The first kappa shape index (κ1) is 24.4. The van der Waals surface area contributed by atoms with Gasteiger partial charge in [-0.15, -0.1) is 0 Å². The molecule has 0 fully saturated rings. The van der Waals surface area contributed by atoms with E-state index < -0.39 is 17.0 Å². The molecule has 3 aromatic heterocycles. The average Bonchev–Trinajstić information content (AvgIpc) is 3.20. The zero-order valence-electron chi connectivity index (χ0n) is 19.3. The Morgan fingerprint density at radius 2 is 1.89 bits per heavy atom. The molecule has 0 amide bonds. The van der Waals surface area contributed by atoms with Crippen LogP contribution in [-0.2, 0) is 18.6 Å². The minimum absolute atomic E-state index is 0.0292. The summed E-state index contributed by atoms with van der Waals surface area (Å²) in [7, 11) is 0. The molecule has 1 aromatic carbocycles. The molecule has 0 spiro atoms. The third kappa shape index (κ3) is 4.78. The highest BCUT2D eigenvalue weighted by Gasteiger charge is 2.32. The van der Waals surface area contributed by atoms with E-state index in [2.05, 4.69) is 9.97 Å². The lowest BCUT2D eigenvalue weighted by atomic mass is 9.78. The molecule has 0 saturated carbocycles. The number of ether oxygens (including phenoxy) is 1. The molecule has 9 heteroatoms. The van der Waals surface area contributed by atoms with Gasteiger partial charge >= 0.3 is 0 Å². The van der Waals surface area contributed by atoms with Crippen molar-refractivity contribution in [2.24, 2.45) is 0 Å². The maximum absolute atomic E-state index is 14.0. The Hall–Kier alpha value is -3.69. The lowest BCUT2D eigenvalue weighted by Gasteiger charge is -2.27. The second kappa shape index (κ2) is 9.89. The number of rotatable bonds is 9. The van der Waals surface area contributed by atoms with E-state index in [1.165, 1.54) is 12.3 Å². The fourth-order valence-electron chi connectivity index (χ4n) is 4.05. The number of aliphatic hydroxyl groups excluding tert-OH is 2. The Morgan fingerprint density at radius 1 is 1.14 bits per heavy atom. The molecular weight excluding hydrogens is 456 g/mol. The van der Waals surface area contributed by atoms with Crippen molar-refractivity contribution in [3.8, 4) is 5.75 Å². The van der Waals surface area contributed by atoms with Crippen molar-refractivity contribution in [2.75, 3.05) is 6.61 Å². The second-order valence-electron chi connectivity index (χ2n) is 8.61. The van der Waals surface area contributed by atoms with E-state index in [1.807, 2.05) is 0 Å². The molecule has 182 valence electrons. The highest BCUT2D eigenvalue weighted by atomic mass is 19.1. The van der Waals surface area contributed by atoms with Crippen LogP contribution in [0.1, 0.15) is 46.3 Å². The van der Waals surface area contributed by atoms with Gasteiger partial charge in [-0.05, 0) is 48.9 Å². The number of ketones is 1. The van der Waals surface area contributed by atoms with Crippen molar-refractivity contribution in [1.29, 1.82) is 0 Å². The Bertz CT molecular complexity index is 1370. The first-order chi connectivity index (χ1) is 16.8. The highest BCUT2D eigenvalue weighted by Crippen LogP contribution is 2.31. The van der Waals surface area contributed by atoms with Gasteiger partial charge < -0.3 is 14.9 Å². The molecule has 4 aromatic rings. The number of aryl methyl sites for hydroxylation is 1. The topological polar surface area (TPSA) is 97.0 Å². The summed E-state index contributed by atoms with van der Waals surface area (Å²) in [6.45, 7) is 2.55. The van der Waals surface area contributed by atoms with Crippen molar-refractivity contribution < 1.29 is 28.5 Å². The first-order valence-electron chi connectivity index (χ1n) is 11.0. The molecule has 0 radical (unpaired) electrons. The summed E-state index contributed by atoms with van der Waals surface area (Å²) in [5.74, 6) is -1.41. The van der Waals surface area contributed by atoms with Crippen molar-refractivity contribution in [3.05, 3.63) is 94.7 Å². The van der Waals surface area contributed by atoms with Crippen LogP contribution < -0.4 is 4.74 Å². The van der Waals surface area contributed by atoms with Gasteiger partial charge in [0.25, 0.3) is 0 Å². The number of aromatic nitrogens is 3. The summed E-state index contributed by atoms with van der Waals surface area (Å²) in [6, 6.07) is 10.2. The van der Waals surface area contributed by atoms with Crippen LogP contribution in [0.2, 0.25) is 0 Å². The van der Waals surface area contributed by atoms with Crippen molar-refractivity contribution >= 4 is 11.4 Å². The third-order valence-electron chi connectivity index (χ3n) is 6.06. The minimum atomic E-state index is -0.920. The molecule has 7 nitrogen and oxygen atoms in total. The van der Waals surface area contributed by atoms with E-state index in [9.17, 15) is 23.8 Å². The van der Waals surface area contributed by atoms with Crippen LogP contribution in [0.25, 0.3) is 5.65 Å². The lowest BCUT2D eigenvalue weighted by Crippen LogP contribution is -2.31. The molecule has 3 heterocycles. The zero-order valence-corrected chi connectivity index (χ0v) is 19.3. The molecule has 4 rings (SSSR count). The van der Waals surface area contributed by atoms with Crippen LogP contribution in [0.3, 0.4) is 0 Å². The monoisotopic (exact) mass is 481 g/mol. The Balaban J connectivity index is 1.64. The van der Waals surface area contributed by atoms with Crippen molar-refractivity contribution in [2.45, 2.75) is 38.9 Å². The molecule has 0 bridgehead atoms. The van der Waals surface area contributed by atoms with E-state index in [0.29, 0.717) is 28.3 Å². The summed E-state index contributed by atoms with van der Waals surface area (Å²) >= 11 is 0. The maximum atomic E-state index is 14.0. The lowest BCUT2D eigenvalue weighted by molar-refractivity contribution is 0.0912. The van der Waals surface area contributed by atoms with E-state index in [1.54, 1.807) is 48.7 Å². The summed E-state index contributed by atoms with van der Waals surface area (Å²) in [6.07, 6.45) is 3.16. The van der Waals surface area contributed by atoms with Gasteiger partial charge in [-0.2, -0.15) is 0 Å². The summed E-state index contributed by atoms with van der Waals surface area (Å²) < 4.78 is 35.3. The van der Waals surface area contributed by atoms with Crippen molar-refractivity contribution in [3.63, 3.8) is 0 Å². The average molecular weight is 481 g/mol. The fourth-order valence-corrected chi connectivity index (χ4v) is 4.05. The standard InChI is InChI=1S/C26H25F2N3O4/c1-16-24(22(34)12-26(2,15-33)17-8-9-29-18(11-17)13-32)31-10-4-7-23(25(31)30-16)35-14-19-20(27)5-3-6-21(19)28/h3-11,32-33H,12-15H2,1-2H3. The molecule has 2 N–H and O–H groups in total. The highest BCUT2D eigenvalue weighted by molar-refractivity contribution is 5.97. The smallest absolute Gasteiger partial charge is 0.182 e. The third-order valence-corrected chi connectivity index (χ3v) is 6.06. The van der Waals surface area contributed by atoms with E-state index in [4.69, 9.17) is 4.74 Å². The van der Waals surface area contributed by atoms with Crippen LogP contribution in [0.4, 0.5) is 8.78 Å². The normalized spacial score (nSPS) is 13.1. The molecule has 1 unspecified atom stereocenters. The van der Waals surface area contributed by atoms with E-state index in [-0.39, 0.29) is 43.3 Å². The Kier molecular flexibility index (Phi) is 6.90. The Labute approximate surface area is 200 Å². The molecule has 0 saturated heterocycles. The molecule has 0 aliphatic rings. The predicted molar refractivity (Wildman–Crippen MR) is 124 cm³/mol. The van der Waals surface area contributed by atoms with Crippen LogP contribution in [0.15, 0.2) is 54.9 Å². The predicted octanol–water partition coefficient (Wildman–Crippen LogP) is 3.91. The van der Waals surface area contributed by atoms with Gasteiger partial charge in [0, 0.05) is 24.2 Å². The summed E-state index contributed by atoms with van der Waals surface area (Å²) in [5.41, 5.74) is 1.10. The van der Waals surface area contributed by atoms with Gasteiger partial charge in [0.15, 0.2) is 17.2 Å². The maximum Gasteiger partial charge on any atom is 0.182 e. The first-order valence-corrected chi connectivity index (χ1v) is 11.0. The van der Waals surface area contributed by atoms with Gasteiger partial charge in [0.05, 0.1) is 30.2 Å². The summed E-state index contributed by atoms with van der Waals surface area (Å²) in [5, 5.41) is 19.6. The van der Waals surface area contributed by atoms with Gasteiger partial charge in [0.1, 0.15) is 23.9 Å². The van der Waals surface area contributed by atoms with E-state index in [0.717, 1.165) is 12.1 Å². The number of imidazole rings is 1. The minimum Gasteiger partial charge on any atom is -0.485 e. The molecule has 0 aliphatic heterocycles. The number of Topliss-reactive ketones (excluding diaryl/α,β-unsaturated/α-hetero) is 1. The Morgan fingerprint density at radius 3 is 2.57 bits per heavy atom. The van der Waals surface area contributed by atoms with Crippen LogP contribution in [0, 0.1) is 18.6 Å². The number of fused-ring (bicyclic) bond motifs is 1. The zero-order chi connectivity index (χ0) is 25.2. The molecule has 35 heavy (non-hydrogen) atoms. The van der Waals surface area contributed by atoms with Crippen LogP contribution in [-0.4, -0.2) is 37.0 Å². The second-order valence-corrected chi connectivity index (χ2v) is 8.61. The van der Waals surface area contributed by atoms with Crippen molar-refractivity contribution in [1.82, 2.24) is 14.4 Å². The number of nitrogens with zero attached hydrogens (tertiary/aromatic N) is 3. The van der Waals surface area contributed by atoms with Crippen LogP contribution >= 0.6 is 0 Å². The fraction of sp³-hybridized carbons (Fsp3) is 0.269.